The molecule has 1 nitrogen and oxygen atoms in total. The SMILES string of the molecule is C=C(C)CC/C(C)=C/CC/C(C)=C/CC[PH](C)(C)CP(C)O. The number of rotatable bonds is 11. The van der Waals surface area contributed by atoms with E-state index in [2.05, 4.69) is 52.8 Å². The summed E-state index contributed by atoms with van der Waals surface area (Å²) in [7, 11) is -1.91. The van der Waals surface area contributed by atoms with Crippen molar-refractivity contribution in [1.29, 1.82) is 0 Å². The summed E-state index contributed by atoms with van der Waals surface area (Å²) in [5, 5.41) is 0. The molecule has 0 aliphatic heterocycles. The molecule has 0 aliphatic carbocycles. The van der Waals surface area contributed by atoms with Gasteiger partial charge in [-0.2, -0.15) is 0 Å². The average molecular weight is 344 g/mol. The Balaban J connectivity index is 4.04. The fourth-order valence-electron chi connectivity index (χ4n) is 2.57. The van der Waals surface area contributed by atoms with Crippen LogP contribution in [0.3, 0.4) is 0 Å². The molecule has 0 fully saturated rings. The molecule has 0 bridgehead atoms. The predicted octanol–water partition coefficient (Wildman–Crippen LogP) is 6.39. The van der Waals surface area contributed by atoms with E-state index in [1.165, 1.54) is 35.7 Å². The summed E-state index contributed by atoms with van der Waals surface area (Å²) < 4.78 is 0. The molecule has 0 aliphatic rings. The first-order valence-electron chi connectivity index (χ1n) is 8.48. The minimum atomic E-state index is -1.19. The van der Waals surface area contributed by atoms with Crippen LogP contribution in [-0.4, -0.2) is 37.0 Å². The summed E-state index contributed by atoms with van der Waals surface area (Å²) in [6, 6.07) is 0. The van der Waals surface area contributed by atoms with Crippen LogP contribution in [0.4, 0.5) is 0 Å². The molecule has 0 spiro atoms. The Hall–Kier alpha value is 0.0400. The minimum absolute atomic E-state index is 0.719. The molecular formula is C19H38OP2. The van der Waals surface area contributed by atoms with Gasteiger partial charge in [-0.1, -0.05) is 0 Å². The maximum absolute atomic E-state index is 9.61. The van der Waals surface area contributed by atoms with Crippen LogP contribution < -0.4 is 0 Å². The van der Waals surface area contributed by atoms with Gasteiger partial charge in [-0.15, -0.1) is 0 Å². The first kappa shape index (κ1) is 22.0. The van der Waals surface area contributed by atoms with E-state index < -0.39 is 15.4 Å². The van der Waals surface area contributed by atoms with Crippen LogP contribution in [-0.2, 0) is 0 Å². The molecular weight excluding hydrogens is 306 g/mol. The fraction of sp³-hybridized carbons (Fsp3) is 0.684. The van der Waals surface area contributed by atoms with Crippen molar-refractivity contribution >= 4 is 15.4 Å². The normalized spacial score (nSPS) is 15.8. The van der Waals surface area contributed by atoms with Crippen molar-refractivity contribution in [2.45, 2.75) is 52.9 Å². The third kappa shape index (κ3) is 13.7. The summed E-state index contributed by atoms with van der Waals surface area (Å²) in [6.45, 7) is 17.3. The van der Waals surface area contributed by atoms with Crippen LogP contribution >= 0.6 is 15.4 Å². The van der Waals surface area contributed by atoms with Crippen molar-refractivity contribution in [3.8, 4) is 0 Å². The summed E-state index contributed by atoms with van der Waals surface area (Å²) in [5.74, 6) is 1.08. The quantitative estimate of drug-likeness (QED) is 0.340. The summed E-state index contributed by atoms with van der Waals surface area (Å²) in [4.78, 5) is 9.61. The second-order valence-corrected chi connectivity index (χ2v) is 15.0. The zero-order valence-corrected chi connectivity index (χ0v) is 17.6. The first-order valence-corrected chi connectivity index (χ1v) is 13.8. The molecule has 1 N–H and O–H groups in total. The van der Waals surface area contributed by atoms with Crippen LogP contribution in [0.1, 0.15) is 52.9 Å². The van der Waals surface area contributed by atoms with Gasteiger partial charge in [-0.05, 0) is 0 Å². The Bertz CT molecular complexity index is 392. The first-order chi connectivity index (χ1) is 10.1. The van der Waals surface area contributed by atoms with Crippen LogP contribution in [0.5, 0.6) is 0 Å². The van der Waals surface area contributed by atoms with Crippen molar-refractivity contribution in [3.63, 3.8) is 0 Å². The molecule has 3 heteroatoms. The van der Waals surface area contributed by atoms with Crippen LogP contribution in [0.2, 0.25) is 0 Å². The van der Waals surface area contributed by atoms with Crippen LogP contribution in [0.25, 0.3) is 0 Å². The fourth-order valence-corrected chi connectivity index (χ4v) is 9.08. The molecule has 1 unspecified atom stereocenters. The van der Waals surface area contributed by atoms with E-state index in [9.17, 15) is 4.89 Å². The van der Waals surface area contributed by atoms with Crippen molar-refractivity contribution < 1.29 is 4.89 Å². The third-order valence-electron chi connectivity index (χ3n) is 3.95. The Morgan fingerprint density at radius 3 is 2.09 bits per heavy atom. The van der Waals surface area contributed by atoms with Crippen molar-refractivity contribution in [2.24, 2.45) is 0 Å². The van der Waals surface area contributed by atoms with E-state index in [1.54, 1.807) is 0 Å². The second kappa shape index (κ2) is 11.6. The van der Waals surface area contributed by atoms with E-state index in [4.69, 9.17) is 0 Å². The zero-order valence-electron chi connectivity index (χ0n) is 15.7. The van der Waals surface area contributed by atoms with Gasteiger partial charge >= 0.3 is 141 Å². The molecule has 0 aromatic rings. The standard InChI is InChI=1S/C19H38OP2/c1-17(2)13-14-19(4)11-8-10-18(3)12-9-15-22(6,7)16-21(5)20/h11-12,20,22H,1,8-10,13-16H2,2-7H3/b18-12+,19-11+. The number of allylic oxidation sites excluding steroid dienone is 5. The van der Waals surface area contributed by atoms with Crippen molar-refractivity contribution in [2.75, 3.05) is 32.1 Å². The summed E-state index contributed by atoms with van der Waals surface area (Å²) in [6.07, 6.45) is 11.9. The van der Waals surface area contributed by atoms with E-state index >= 15 is 0 Å². The Morgan fingerprint density at radius 1 is 1.00 bits per heavy atom. The molecule has 0 aromatic heterocycles. The molecule has 0 rings (SSSR count). The summed E-state index contributed by atoms with van der Waals surface area (Å²) in [5.41, 5.74) is 4.27. The Labute approximate surface area is 141 Å². The van der Waals surface area contributed by atoms with Gasteiger partial charge in [0.15, 0.2) is 0 Å². The molecule has 0 heterocycles. The van der Waals surface area contributed by atoms with Crippen LogP contribution in [0, 0.1) is 0 Å². The molecule has 0 amide bonds. The number of hydrogen-bond donors (Lipinski definition) is 1. The predicted molar refractivity (Wildman–Crippen MR) is 110 cm³/mol. The van der Waals surface area contributed by atoms with Gasteiger partial charge in [0, 0.05) is 0 Å². The van der Waals surface area contributed by atoms with Gasteiger partial charge in [0.25, 0.3) is 0 Å². The topological polar surface area (TPSA) is 20.2 Å². The molecule has 0 aromatic carbocycles. The van der Waals surface area contributed by atoms with Crippen molar-refractivity contribution in [3.05, 3.63) is 35.5 Å². The van der Waals surface area contributed by atoms with Crippen LogP contribution in [0.15, 0.2) is 35.5 Å². The second-order valence-electron chi connectivity index (χ2n) is 7.62. The van der Waals surface area contributed by atoms with E-state index in [0.717, 1.165) is 25.2 Å². The van der Waals surface area contributed by atoms with Gasteiger partial charge in [-0.3, -0.25) is 0 Å². The molecule has 0 saturated heterocycles. The molecule has 130 valence electrons. The molecule has 22 heavy (non-hydrogen) atoms. The molecule has 1 atom stereocenters. The van der Waals surface area contributed by atoms with Gasteiger partial charge < -0.3 is 0 Å². The molecule has 0 saturated carbocycles. The van der Waals surface area contributed by atoms with E-state index in [-0.39, 0.29) is 0 Å². The van der Waals surface area contributed by atoms with E-state index in [0.29, 0.717) is 0 Å². The third-order valence-corrected chi connectivity index (χ3v) is 10.8. The maximum atomic E-state index is 9.61. The average Bonchev–Trinajstić information content (AvgIpc) is 2.34. The van der Waals surface area contributed by atoms with Gasteiger partial charge in [0.05, 0.1) is 0 Å². The molecule has 0 radical (unpaired) electrons. The number of hydrogen-bond acceptors (Lipinski definition) is 1. The van der Waals surface area contributed by atoms with E-state index in [1.807, 2.05) is 6.66 Å². The van der Waals surface area contributed by atoms with Gasteiger partial charge in [0.1, 0.15) is 0 Å². The van der Waals surface area contributed by atoms with Gasteiger partial charge in [-0.25, -0.2) is 0 Å². The van der Waals surface area contributed by atoms with Gasteiger partial charge in [0.2, 0.25) is 0 Å². The monoisotopic (exact) mass is 344 g/mol. The van der Waals surface area contributed by atoms with Crippen molar-refractivity contribution in [1.82, 2.24) is 0 Å². The summed E-state index contributed by atoms with van der Waals surface area (Å²) >= 11 is 0. The Kier molecular flexibility index (Phi) is 11.6. The zero-order chi connectivity index (χ0) is 17.2. The Morgan fingerprint density at radius 2 is 1.55 bits per heavy atom.